The summed E-state index contributed by atoms with van der Waals surface area (Å²) in [6.45, 7) is 10.1. The maximum absolute atomic E-state index is 11.8. The van der Waals surface area contributed by atoms with Crippen molar-refractivity contribution in [3.63, 3.8) is 0 Å². The molecular weight excluding hydrogens is 226 g/mol. The Labute approximate surface area is 109 Å². The van der Waals surface area contributed by atoms with Crippen LogP contribution in [0.25, 0.3) is 0 Å². The van der Waals surface area contributed by atoms with E-state index in [9.17, 15) is 4.79 Å². The van der Waals surface area contributed by atoms with E-state index in [1.165, 1.54) is 0 Å². The van der Waals surface area contributed by atoms with Crippen molar-refractivity contribution in [1.29, 1.82) is 0 Å². The molecule has 0 aliphatic rings. The lowest BCUT2D eigenvalue weighted by Gasteiger charge is -2.24. The van der Waals surface area contributed by atoms with Gasteiger partial charge in [-0.1, -0.05) is 27.2 Å². The fourth-order valence-electron chi connectivity index (χ4n) is 1.91. The predicted molar refractivity (Wildman–Crippen MR) is 74.8 cm³/mol. The lowest BCUT2D eigenvalue weighted by Crippen LogP contribution is -2.42. The average molecular weight is 251 g/mol. The number of aryl methyl sites for hydroxylation is 1. The molecule has 1 aromatic rings. The minimum absolute atomic E-state index is 0.0124. The monoisotopic (exact) mass is 251 g/mol. The lowest BCUT2D eigenvalue weighted by molar-refractivity contribution is 0.313. The van der Waals surface area contributed by atoms with Crippen LogP contribution in [0.2, 0.25) is 0 Å². The van der Waals surface area contributed by atoms with Crippen molar-refractivity contribution in [3.8, 4) is 0 Å². The van der Waals surface area contributed by atoms with E-state index in [4.69, 9.17) is 0 Å². The molecule has 102 valence electrons. The van der Waals surface area contributed by atoms with Crippen molar-refractivity contribution in [3.05, 3.63) is 28.2 Å². The Morgan fingerprint density at radius 3 is 2.72 bits per heavy atom. The summed E-state index contributed by atoms with van der Waals surface area (Å²) in [6, 6.07) is 1.95. The van der Waals surface area contributed by atoms with Crippen LogP contribution in [-0.4, -0.2) is 22.4 Å². The van der Waals surface area contributed by atoms with E-state index >= 15 is 0 Å². The number of hydrogen-bond acceptors (Lipinski definition) is 3. The second-order valence-corrected chi connectivity index (χ2v) is 5.00. The Morgan fingerprint density at radius 2 is 2.17 bits per heavy atom. The van der Waals surface area contributed by atoms with Crippen molar-refractivity contribution < 1.29 is 0 Å². The van der Waals surface area contributed by atoms with E-state index in [0.29, 0.717) is 18.5 Å². The van der Waals surface area contributed by atoms with Gasteiger partial charge in [0.1, 0.15) is 0 Å². The minimum atomic E-state index is -0.0124. The highest BCUT2D eigenvalue weighted by Gasteiger charge is 2.16. The smallest absolute Gasteiger partial charge is 0.267 e. The summed E-state index contributed by atoms with van der Waals surface area (Å²) in [5.74, 6) is 0.534. The highest BCUT2D eigenvalue weighted by molar-refractivity contribution is 5.02. The Hall–Kier alpha value is -1.16. The standard InChI is InChI=1S/C14H25N3O/c1-5-7-15-13(12(4)6-2)10-17-14(18)8-11(3)9-16-17/h8-9,12-13,15H,5-7,10H2,1-4H3. The fourth-order valence-corrected chi connectivity index (χ4v) is 1.91. The summed E-state index contributed by atoms with van der Waals surface area (Å²) in [5.41, 5.74) is 0.902. The third-order valence-electron chi connectivity index (χ3n) is 3.36. The SMILES string of the molecule is CCCNC(Cn1ncc(C)cc1=O)C(C)CC. The van der Waals surface area contributed by atoms with Gasteiger partial charge in [-0.05, 0) is 31.4 Å². The highest BCUT2D eigenvalue weighted by Crippen LogP contribution is 2.09. The van der Waals surface area contributed by atoms with Gasteiger partial charge in [-0.15, -0.1) is 0 Å². The first-order valence-electron chi connectivity index (χ1n) is 6.85. The van der Waals surface area contributed by atoms with Gasteiger partial charge in [-0.2, -0.15) is 5.10 Å². The third kappa shape index (κ3) is 4.26. The van der Waals surface area contributed by atoms with Gasteiger partial charge in [0.25, 0.3) is 5.56 Å². The van der Waals surface area contributed by atoms with Crippen LogP contribution < -0.4 is 10.9 Å². The Kier molecular flexibility index (Phi) is 6.05. The molecule has 2 unspecified atom stereocenters. The topological polar surface area (TPSA) is 46.9 Å². The minimum Gasteiger partial charge on any atom is -0.312 e. The van der Waals surface area contributed by atoms with Crippen molar-refractivity contribution in [2.24, 2.45) is 5.92 Å². The molecule has 0 aromatic carbocycles. The summed E-state index contributed by atoms with van der Waals surface area (Å²) in [7, 11) is 0. The Morgan fingerprint density at radius 1 is 1.44 bits per heavy atom. The van der Waals surface area contributed by atoms with Crippen LogP contribution in [0.15, 0.2) is 17.1 Å². The number of rotatable bonds is 7. The largest absolute Gasteiger partial charge is 0.312 e. The lowest BCUT2D eigenvalue weighted by atomic mass is 9.99. The number of aromatic nitrogens is 2. The van der Waals surface area contributed by atoms with Crippen LogP contribution in [0.5, 0.6) is 0 Å². The second kappa shape index (κ2) is 7.31. The molecule has 0 amide bonds. The first kappa shape index (κ1) is 14.9. The summed E-state index contributed by atoms with van der Waals surface area (Å²) in [5, 5.41) is 7.72. The van der Waals surface area contributed by atoms with Crippen molar-refractivity contribution in [2.75, 3.05) is 6.54 Å². The van der Waals surface area contributed by atoms with Crippen LogP contribution in [-0.2, 0) is 6.54 Å². The van der Waals surface area contributed by atoms with Crippen LogP contribution in [0.3, 0.4) is 0 Å². The van der Waals surface area contributed by atoms with E-state index in [-0.39, 0.29) is 5.56 Å². The number of nitrogens with one attached hydrogen (secondary N) is 1. The van der Waals surface area contributed by atoms with Crippen LogP contribution in [0.1, 0.15) is 39.2 Å². The molecule has 2 atom stereocenters. The van der Waals surface area contributed by atoms with E-state index in [1.54, 1.807) is 16.9 Å². The Bertz CT molecular complexity index is 414. The quantitative estimate of drug-likeness (QED) is 0.806. The summed E-state index contributed by atoms with van der Waals surface area (Å²) in [6.07, 6.45) is 3.94. The van der Waals surface area contributed by atoms with Gasteiger partial charge in [0, 0.05) is 12.1 Å². The summed E-state index contributed by atoms with van der Waals surface area (Å²) in [4.78, 5) is 11.8. The first-order chi connectivity index (χ1) is 8.58. The molecule has 1 rings (SSSR count). The van der Waals surface area contributed by atoms with Crippen LogP contribution >= 0.6 is 0 Å². The molecule has 0 saturated heterocycles. The van der Waals surface area contributed by atoms with Crippen molar-refractivity contribution in [2.45, 2.75) is 53.1 Å². The molecule has 1 N–H and O–H groups in total. The maximum atomic E-state index is 11.8. The zero-order valence-corrected chi connectivity index (χ0v) is 11.9. The summed E-state index contributed by atoms with van der Waals surface area (Å²) < 4.78 is 1.56. The molecule has 0 bridgehead atoms. The Balaban J connectivity index is 2.78. The number of nitrogens with zero attached hydrogens (tertiary/aromatic N) is 2. The summed E-state index contributed by atoms with van der Waals surface area (Å²) >= 11 is 0. The molecule has 0 aliphatic carbocycles. The molecule has 4 heteroatoms. The van der Waals surface area contributed by atoms with Gasteiger partial charge in [-0.3, -0.25) is 4.79 Å². The molecule has 4 nitrogen and oxygen atoms in total. The average Bonchev–Trinajstić information content (AvgIpc) is 2.36. The van der Waals surface area contributed by atoms with Gasteiger partial charge < -0.3 is 5.32 Å². The molecule has 0 fully saturated rings. The van der Waals surface area contributed by atoms with E-state index in [0.717, 1.165) is 24.9 Å². The molecule has 1 heterocycles. The van der Waals surface area contributed by atoms with Gasteiger partial charge in [0.2, 0.25) is 0 Å². The first-order valence-corrected chi connectivity index (χ1v) is 6.85. The second-order valence-electron chi connectivity index (χ2n) is 5.00. The molecule has 0 aliphatic heterocycles. The van der Waals surface area contributed by atoms with E-state index in [2.05, 4.69) is 31.2 Å². The van der Waals surface area contributed by atoms with Gasteiger partial charge in [-0.25, -0.2) is 4.68 Å². The molecule has 1 aromatic heterocycles. The normalized spacial score (nSPS) is 14.4. The van der Waals surface area contributed by atoms with E-state index in [1.807, 2.05) is 6.92 Å². The molecule has 0 spiro atoms. The van der Waals surface area contributed by atoms with Gasteiger partial charge >= 0.3 is 0 Å². The molecule has 0 radical (unpaired) electrons. The molecular formula is C14H25N3O. The predicted octanol–water partition coefficient (Wildman–Crippen LogP) is 1.97. The van der Waals surface area contributed by atoms with Gasteiger partial charge in [0.05, 0.1) is 12.7 Å². The zero-order valence-electron chi connectivity index (χ0n) is 11.9. The highest BCUT2D eigenvalue weighted by atomic mass is 16.1. The maximum Gasteiger partial charge on any atom is 0.267 e. The van der Waals surface area contributed by atoms with Gasteiger partial charge in [0.15, 0.2) is 0 Å². The van der Waals surface area contributed by atoms with E-state index < -0.39 is 0 Å². The van der Waals surface area contributed by atoms with Crippen molar-refractivity contribution >= 4 is 0 Å². The third-order valence-corrected chi connectivity index (χ3v) is 3.36. The molecule has 18 heavy (non-hydrogen) atoms. The zero-order chi connectivity index (χ0) is 13.5. The van der Waals surface area contributed by atoms with Crippen LogP contribution in [0.4, 0.5) is 0 Å². The number of hydrogen-bond donors (Lipinski definition) is 1. The van der Waals surface area contributed by atoms with Crippen molar-refractivity contribution in [1.82, 2.24) is 15.1 Å². The fraction of sp³-hybridized carbons (Fsp3) is 0.714. The van der Waals surface area contributed by atoms with Crippen LogP contribution in [0, 0.1) is 12.8 Å². The molecule has 0 saturated carbocycles.